The van der Waals surface area contributed by atoms with Crippen LogP contribution in [-0.4, -0.2) is 15.1 Å². The van der Waals surface area contributed by atoms with Gasteiger partial charge in [0.2, 0.25) is 0 Å². The van der Waals surface area contributed by atoms with Gasteiger partial charge in [0.1, 0.15) is 6.10 Å². The fourth-order valence-electron chi connectivity index (χ4n) is 1.74. The lowest BCUT2D eigenvalue weighted by Gasteiger charge is -2.10. The molecule has 0 aromatic carbocycles. The number of aryl methyl sites for hydroxylation is 3. The Morgan fingerprint density at radius 3 is 2.71 bits per heavy atom. The number of nitrogens with zero attached hydrogens (tertiary/aromatic N) is 2. The number of thiazole rings is 1. The lowest BCUT2D eigenvalue weighted by molar-refractivity contribution is 0.172. The number of rotatable bonds is 3. The summed E-state index contributed by atoms with van der Waals surface area (Å²) in [5, 5.41) is 11.1. The number of aliphatic hydroxyl groups is 1. The first-order chi connectivity index (χ1) is 8.08. The molecule has 4 heteroatoms. The molecule has 0 saturated carbocycles. The molecule has 0 radical (unpaired) electrons. The summed E-state index contributed by atoms with van der Waals surface area (Å²) in [6.45, 7) is 6.01. The molecule has 1 N–H and O–H groups in total. The Bertz CT molecular complexity index is 502. The molecule has 0 aliphatic carbocycles. The van der Waals surface area contributed by atoms with Gasteiger partial charge in [0.25, 0.3) is 0 Å². The van der Waals surface area contributed by atoms with Crippen LogP contribution in [0.2, 0.25) is 0 Å². The van der Waals surface area contributed by atoms with E-state index in [4.69, 9.17) is 0 Å². The van der Waals surface area contributed by atoms with E-state index < -0.39 is 6.10 Å². The van der Waals surface area contributed by atoms with Crippen LogP contribution in [0.1, 0.15) is 32.9 Å². The van der Waals surface area contributed by atoms with Crippen molar-refractivity contribution in [2.24, 2.45) is 0 Å². The third-order valence-electron chi connectivity index (χ3n) is 2.81. The van der Waals surface area contributed by atoms with Gasteiger partial charge in [-0.15, -0.1) is 11.3 Å². The molecule has 1 unspecified atom stereocenters. The van der Waals surface area contributed by atoms with Crippen molar-refractivity contribution >= 4 is 11.3 Å². The SMILES string of the molecule is Cc1cccnc1C(O)Cc1nc(C)c(C)s1. The van der Waals surface area contributed by atoms with Crippen LogP contribution in [-0.2, 0) is 6.42 Å². The van der Waals surface area contributed by atoms with Gasteiger partial charge in [-0.25, -0.2) is 4.98 Å². The standard InChI is InChI=1S/C13H16N2OS/c1-8-5-4-6-14-13(8)11(16)7-12-15-9(2)10(3)17-12/h4-6,11,16H,7H2,1-3H3. The lowest BCUT2D eigenvalue weighted by Crippen LogP contribution is -2.05. The first-order valence-electron chi connectivity index (χ1n) is 5.60. The maximum Gasteiger partial charge on any atom is 0.103 e. The number of aliphatic hydroxyl groups excluding tert-OH is 1. The molecule has 17 heavy (non-hydrogen) atoms. The molecule has 0 saturated heterocycles. The van der Waals surface area contributed by atoms with Crippen LogP contribution >= 0.6 is 11.3 Å². The van der Waals surface area contributed by atoms with E-state index in [0.29, 0.717) is 6.42 Å². The second-order valence-corrected chi connectivity index (χ2v) is 5.46. The zero-order valence-electron chi connectivity index (χ0n) is 10.3. The third-order valence-corrected chi connectivity index (χ3v) is 3.90. The zero-order chi connectivity index (χ0) is 12.4. The Labute approximate surface area is 105 Å². The summed E-state index contributed by atoms with van der Waals surface area (Å²) in [5.74, 6) is 0. The van der Waals surface area contributed by atoms with E-state index in [1.54, 1.807) is 17.5 Å². The van der Waals surface area contributed by atoms with Crippen LogP contribution in [0.4, 0.5) is 0 Å². The van der Waals surface area contributed by atoms with Crippen LogP contribution in [0.15, 0.2) is 18.3 Å². The average Bonchev–Trinajstić information content (AvgIpc) is 2.58. The van der Waals surface area contributed by atoms with E-state index in [0.717, 1.165) is 22.0 Å². The van der Waals surface area contributed by atoms with Gasteiger partial charge in [-0.2, -0.15) is 0 Å². The molecule has 0 aliphatic rings. The van der Waals surface area contributed by atoms with Crippen LogP contribution in [0, 0.1) is 20.8 Å². The van der Waals surface area contributed by atoms with Crippen molar-refractivity contribution < 1.29 is 5.11 Å². The van der Waals surface area contributed by atoms with Gasteiger partial charge in [0.15, 0.2) is 0 Å². The molecule has 0 amide bonds. The number of hydrogen-bond donors (Lipinski definition) is 1. The molecule has 0 fully saturated rings. The first-order valence-corrected chi connectivity index (χ1v) is 6.42. The van der Waals surface area contributed by atoms with Crippen molar-refractivity contribution in [1.82, 2.24) is 9.97 Å². The van der Waals surface area contributed by atoms with Crippen molar-refractivity contribution in [3.63, 3.8) is 0 Å². The highest BCUT2D eigenvalue weighted by molar-refractivity contribution is 7.11. The van der Waals surface area contributed by atoms with Crippen LogP contribution in [0.3, 0.4) is 0 Å². The Morgan fingerprint density at radius 2 is 2.12 bits per heavy atom. The van der Waals surface area contributed by atoms with Crippen molar-refractivity contribution in [1.29, 1.82) is 0 Å². The molecule has 2 aromatic rings. The van der Waals surface area contributed by atoms with Crippen LogP contribution in [0.25, 0.3) is 0 Å². The zero-order valence-corrected chi connectivity index (χ0v) is 11.1. The number of pyridine rings is 1. The van der Waals surface area contributed by atoms with Gasteiger partial charge in [-0.1, -0.05) is 6.07 Å². The molecular formula is C13H16N2OS. The Hall–Kier alpha value is -1.26. The minimum absolute atomic E-state index is 0.539. The molecule has 2 aromatic heterocycles. The van der Waals surface area contributed by atoms with E-state index in [-0.39, 0.29) is 0 Å². The molecule has 0 aliphatic heterocycles. The summed E-state index contributed by atoms with van der Waals surface area (Å²) < 4.78 is 0. The van der Waals surface area contributed by atoms with E-state index >= 15 is 0 Å². The largest absolute Gasteiger partial charge is 0.386 e. The first kappa shape index (κ1) is 12.2. The van der Waals surface area contributed by atoms with E-state index in [9.17, 15) is 5.11 Å². The van der Waals surface area contributed by atoms with E-state index in [1.165, 1.54) is 4.88 Å². The monoisotopic (exact) mass is 248 g/mol. The highest BCUT2D eigenvalue weighted by atomic mass is 32.1. The highest BCUT2D eigenvalue weighted by Gasteiger charge is 2.15. The molecule has 0 spiro atoms. The molecule has 1 atom stereocenters. The smallest absolute Gasteiger partial charge is 0.103 e. The van der Waals surface area contributed by atoms with Gasteiger partial charge in [0, 0.05) is 17.5 Å². The Morgan fingerprint density at radius 1 is 1.35 bits per heavy atom. The van der Waals surface area contributed by atoms with Crippen molar-refractivity contribution in [3.8, 4) is 0 Å². The fraction of sp³-hybridized carbons (Fsp3) is 0.385. The van der Waals surface area contributed by atoms with E-state index in [1.807, 2.05) is 26.0 Å². The second-order valence-electron chi connectivity index (χ2n) is 4.17. The van der Waals surface area contributed by atoms with Crippen molar-refractivity contribution in [2.75, 3.05) is 0 Å². The highest BCUT2D eigenvalue weighted by Crippen LogP contribution is 2.23. The topological polar surface area (TPSA) is 46.0 Å². The number of hydrogen-bond acceptors (Lipinski definition) is 4. The van der Waals surface area contributed by atoms with Crippen LogP contribution < -0.4 is 0 Å². The van der Waals surface area contributed by atoms with Gasteiger partial charge in [-0.05, 0) is 32.4 Å². The predicted molar refractivity (Wildman–Crippen MR) is 69.2 cm³/mol. The quantitative estimate of drug-likeness (QED) is 0.908. The van der Waals surface area contributed by atoms with Gasteiger partial charge in [-0.3, -0.25) is 4.98 Å². The summed E-state index contributed by atoms with van der Waals surface area (Å²) in [6, 6.07) is 3.84. The van der Waals surface area contributed by atoms with Gasteiger partial charge in [0.05, 0.1) is 16.4 Å². The molecule has 2 rings (SSSR count). The summed E-state index contributed by atoms with van der Waals surface area (Å²) in [7, 11) is 0. The van der Waals surface area contributed by atoms with Crippen LogP contribution in [0.5, 0.6) is 0 Å². The predicted octanol–water partition coefficient (Wildman–Crippen LogP) is 2.74. The second kappa shape index (κ2) is 4.94. The minimum Gasteiger partial charge on any atom is -0.386 e. The maximum atomic E-state index is 10.2. The van der Waals surface area contributed by atoms with Crippen molar-refractivity contribution in [2.45, 2.75) is 33.3 Å². The van der Waals surface area contributed by atoms with Crippen molar-refractivity contribution in [3.05, 3.63) is 45.2 Å². The third kappa shape index (κ3) is 2.70. The minimum atomic E-state index is -0.568. The summed E-state index contributed by atoms with van der Waals surface area (Å²) in [5.41, 5.74) is 2.82. The van der Waals surface area contributed by atoms with Gasteiger partial charge >= 0.3 is 0 Å². The molecule has 2 heterocycles. The molecular weight excluding hydrogens is 232 g/mol. The summed E-state index contributed by atoms with van der Waals surface area (Å²) in [4.78, 5) is 9.88. The average molecular weight is 248 g/mol. The number of aromatic nitrogens is 2. The summed E-state index contributed by atoms with van der Waals surface area (Å²) >= 11 is 1.64. The Balaban J connectivity index is 2.17. The maximum absolute atomic E-state index is 10.2. The fourth-order valence-corrected chi connectivity index (χ4v) is 2.71. The Kier molecular flexibility index (Phi) is 3.54. The molecule has 0 bridgehead atoms. The summed E-state index contributed by atoms with van der Waals surface area (Å²) in [6.07, 6.45) is 1.68. The normalized spacial score (nSPS) is 12.7. The molecule has 3 nitrogen and oxygen atoms in total. The molecule has 90 valence electrons. The van der Waals surface area contributed by atoms with Gasteiger partial charge < -0.3 is 5.11 Å². The van der Waals surface area contributed by atoms with E-state index in [2.05, 4.69) is 16.9 Å². The lowest BCUT2D eigenvalue weighted by atomic mass is 10.1.